The summed E-state index contributed by atoms with van der Waals surface area (Å²) < 4.78 is 0. The molecule has 1 heterocycles. The zero-order valence-corrected chi connectivity index (χ0v) is 11.6. The first-order chi connectivity index (χ1) is 9.15. The second kappa shape index (κ2) is 6.45. The van der Waals surface area contributed by atoms with Gasteiger partial charge in [-0.25, -0.2) is 4.98 Å². The third kappa shape index (κ3) is 4.15. The Bertz CT molecular complexity index is 537. The maximum atomic E-state index is 11.8. The van der Waals surface area contributed by atoms with Gasteiger partial charge in [0.25, 0.3) is 0 Å². The molecule has 0 spiro atoms. The number of thiazole rings is 1. The van der Waals surface area contributed by atoms with Gasteiger partial charge >= 0.3 is 0 Å². The molecule has 100 valence electrons. The number of nitrogens with two attached hydrogens (primary N) is 1. The lowest BCUT2D eigenvalue weighted by molar-refractivity contribution is -0.120. The molecule has 0 saturated carbocycles. The van der Waals surface area contributed by atoms with E-state index in [9.17, 15) is 4.79 Å². The number of hydrogen-bond donors (Lipinski definition) is 2. The first-order valence-corrected chi connectivity index (χ1v) is 7.03. The molecule has 1 aromatic heterocycles. The van der Waals surface area contributed by atoms with E-state index >= 15 is 0 Å². The maximum Gasteiger partial charge on any atom is 0.226 e. The summed E-state index contributed by atoms with van der Waals surface area (Å²) in [5, 5.41) is 5.64. The van der Waals surface area contributed by atoms with Gasteiger partial charge in [-0.05, 0) is 12.5 Å². The smallest absolute Gasteiger partial charge is 0.226 e. The molecule has 0 saturated heterocycles. The molecular formula is C14H17N3OS. The van der Waals surface area contributed by atoms with Crippen molar-refractivity contribution >= 4 is 17.2 Å². The summed E-state index contributed by atoms with van der Waals surface area (Å²) in [6, 6.07) is 9.75. The second-order valence-corrected chi connectivity index (χ2v) is 5.29. The summed E-state index contributed by atoms with van der Waals surface area (Å²) in [6.07, 6.45) is 0.302. The summed E-state index contributed by atoms with van der Waals surface area (Å²) in [4.78, 5) is 16.1. The van der Waals surface area contributed by atoms with E-state index in [4.69, 9.17) is 5.73 Å². The molecule has 0 aliphatic heterocycles. The Morgan fingerprint density at radius 2 is 2.16 bits per heavy atom. The van der Waals surface area contributed by atoms with Crippen LogP contribution in [0.3, 0.4) is 0 Å². The number of carbonyl (C=O) groups excluding carboxylic acids is 1. The monoisotopic (exact) mass is 275 g/mol. The Balaban J connectivity index is 1.84. The van der Waals surface area contributed by atoms with E-state index in [0.717, 1.165) is 16.3 Å². The lowest BCUT2D eigenvalue weighted by atomic mass is 10.2. The largest absolute Gasteiger partial charge is 0.352 e. The van der Waals surface area contributed by atoms with Crippen molar-refractivity contribution in [1.29, 1.82) is 0 Å². The number of aromatic nitrogens is 1. The first-order valence-electron chi connectivity index (χ1n) is 6.15. The number of amides is 1. The fraction of sp³-hybridized carbons (Fsp3) is 0.286. The number of benzene rings is 1. The molecule has 4 nitrogen and oxygen atoms in total. The van der Waals surface area contributed by atoms with Gasteiger partial charge < -0.3 is 11.1 Å². The van der Waals surface area contributed by atoms with E-state index < -0.39 is 0 Å². The van der Waals surface area contributed by atoms with Crippen molar-refractivity contribution in [2.75, 3.05) is 0 Å². The van der Waals surface area contributed by atoms with Crippen molar-refractivity contribution in [1.82, 2.24) is 10.3 Å². The van der Waals surface area contributed by atoms with Gasteiger partial charge in [0.15, 0.2) is 0 Å². The van der Waals surface area contributed by atoms with Gasteiger partial charge in [0.05, 0.1) is 18.2 Å². The van der Waals surface area contributed by atoms with Crippen LogP contribution in [0.1, 0.15) is 29.2 Å². The lowest BCUT2D eigenvalue weighted by Crippen LogP contribution is -2.24. The molecule has 1 atom stereocenters. The van der Waals surface area contributed by atoms with Gasteiger partial charge in [-0.1, -0.05) is 30.3 Å². The lowest BCUT2D eigenvalue weighted by Gasteiger charge is -2.04. The highest BCUT2D eigenvalue weighted by molar-refractivity contribution is 7.09. The van der Waals surface area contributed by atoms with Crippen LogP contribution < -0.4 is 11.1 Å². The van der Waals surface area contributed by atoms with Crippen molar-refractivity contribution in [3.8, 4) is 0 Å². The van der Waals surface area contributed by atoms with Crippen molar-refractivity contribution in [2.24, 2.45) is 5.73 Å². The molecular weight excluding hydrogens is 258 g/mol. The molecule has 1 amide bonds. The average molecular weight is 275 g/mol. The maximum absolute atomic E-state index is 11.8. The predicted molar refractivity (Wildman–Crippen MR) is 76.7 cm³/mol. The molecule has 19 heavy (non-hydrogen) atoms. The van der Waals surface area contributed by atoms with Crippen LogP contribution >= 0.6 is 11.3 Å². The summed E-state index contributed by atoms with van der Waals surface area (Å²) in [7, 11) is 0. The van der Waals surface area contributed by atoms with Crippen LogP contribution in [0, 0.1) is 0 Å². The van der Waals surface area contributed by atoms with Gasteiger partial charge in [-0.2, -0.15) is 0 Å². The molecule has 5 heteroatoms. The van der Waals surface area contributed by atoms with E-state index in [1.165, 1.54) is 11.3 Å². The molecule has 0 fully saturated rings. The summed E-state index contributed by atoms with van der Waals surface area (Å²) in [5.74, 6) is -0.0228. The number of carbonyl (C=O) groups is 1. The molecule has 2 aromatic rings. The summed E-state index contributed by atoms with van der Waals surface area (Å²) in [5.41, 5.74) is 7.61. The standard InChI is InChI=1S/C14H17N3OS/c1-10(15)14-17-12(9-19-14)7-13(18)16-8-11-5-3-2-4-6-11/h2-6,9-10H,7-8,15H2,1H3,(H,16,18). The molecule has 0 bridgehead atoms. The zero-order chi connectivity index (χ0) is 13.7. The van der Waals surface area contributed by atoms with E-state index in [2.05, 4.69) is 10.3 Å². The van der Waals surface area contributed by atoms with Crippen LogP contribution in [0.5, 0.6) is 0 Å². The molecule has 1 unspecified atom stereocenters. The van der Waals surface area contributed by atoms with Gasteiger partial charge in [0.2, 0.25) is 5.91 Å². The van der Waals surface area contributed by atoms with Gasteiger partial charge in [-0.3, -0.25) is 4.79 Å². The van der Waals surface area contributed by atoms with E-state index in [0.29, 0.717) is 13.0 Å². The topological polar surface area (TPSA) is 68.0 Å². The highest BCUT2D eigenvalue weighted by Gasteiger charge is 2.09. The Morgan fingerprint density at radius 3 is 2.79 bits per heavy atom. The van der Waals surface area contributed by atoms with Gasteiger partial charge in [0, 0.05) is 11.9 Å². The van der Waals surface area contributed by atoms with Crippen LogP contribution in [0.25, 0.3) is 0 Å². The predicted octanol–water partition coefficient (Wildman–Crippen LogP) is 2.02. The summed E-state index contributed by atoms with van der Waals surface area (Å²) >= 11 is 1.50. The first kappa shape index (κ1) is 13.7. The third-order valence-electron chi connectivity index (χ3n) is 2.63. The van der Waals surface area contributed by atoms with Crippen LogP contribution in [0.2, 0.25) is 0 Å². The Kier molecular flexibility index (Phi) is 4.65. The number of nitrogens with zero attached hydrogens (tertiary/aromatic N) is 1. The van der Waals surface area contributed by atoms with Crippen LogP contribution in [-0.4, -0.2) is 10.9 Å². The minimum atomic E-state index is -0.0777. The van der Waals surface area contributed by atoms with Gasteiger partial charge in [0.1, 0.15) is 5.01 Å². The quantitative estimate of drug-likeness (QED) is 0.877. The number of nitrogens with one attached hydrogen (secondary N) is 1. The van der Waals surface area contributed by atoms with Crippen molar-refractivity contribution < 1.29 is 4.79 Å². The Labute approximate surface area is 116 Å². The third-order valence-corrected chi connectivity index (χ3v) is 3.73. The number of hydrogen-bond acceptors (Lipinski definition) is 4. The zero-order valence-electron chi connectivity index (χ0n) is 10.8. The Hall–Kier alpha value is -1.72. The highest BCUT2D eigenvalue weighted by Crippen LogP contribution is 2.16. The molecule has 0 aliphatic carbocycles. The second-order valence-electron chi connectivity index (χ2n) is 4.40. The average Bonchev–Trinajstić information content (AvgIpc) is 2.86. The molecule has 1 aromatic carbocycles. The summed E-state index contributed by atoms with van der Waals surface area (Å²) in [6.45, 7) is 2.43. The van der Waals surface area contributed by atoms with Crippen molar-refractivity contribution in [3.05, 3.63) is 52.0 Å². The molecule has 0 radical (unpaired) electrons. The van der Waals surface area contributed by atoms with Crippen molar-refractivity contribution in [3.63, 3.8) is 0 Å². The van der Waals surface area contributed by atoms with E-state index in [1.54, 1.807) is 0 Å². The normalized spacial score (nSPS) is 12.1. The van der Waals surface area contributed by atoms with Crippen molar-refractivity contribution in [2.45, 2.75) is 25.9 Å². The Morgan fingerprint density at radius 1 is 1.42 bits per heavy atom. The fourth-order valence-electron chi connectivity index (χ4n) is 1.64. The minimum Gasteiger partial charge on any atom is -0.352 e. The number of rotatable bonds is 5. The van der Waals surface area contributed by atoms with Crippen LogP contribution in [0.4, 0.5) is 0 Å². The van der Waals surface area contributed by atoms with E-state index in [-0.39, 0.29) is 11.9 Å². The van der Waals surface area contributed by atoms with E-state index in [1.807, 2.05) is 42.6 Å². The highest BCUT2D eigenvalue weighted by atomic mass is 32.1. The van der Waals surface area contributed by atoms with Crippen LogP contribution in [0.15, 0.2) is 35.7 Å². The van der Waals surface area contributed by atoms with Crippen LogP contribution in [-0.2, 0) is 17.8 Å². The van der Waals surface area contributed by atoms with Gasteiger partial charge in [-0.15, -0.1) is 11.3 Å². The molecule has 2 rings (SSSR count). The minimum absolute atomic E-state index is 0.0228. The SMILES string of the molecule is CC(N)c1nc(CC(=O)NCc2ccccc2)cs1. The molecule has 3 N–H and O–H groups in total. The molecule has 0 aliphatic rings. The fourth-order valence-corrected chi connectivity index (χ4v) is 2.41.